The Balaban J connectivity index is 0.00000108. The predicted molar refractivity (Wildman–Crippen MR) is 77.0 cm³/mol. The topological polar surface area (TPSA) is 12.4 Å². The van der Waals surface area contributed by atoms with Gasteiger partial charge in [0.15, 0.2) is 0 Å². The summed E-state index contributed by atoms with van der Waals surface area (Å²) in [5.41, 5.74) is 3.79. The van der Waals surface area contributed by atoms with Crippen LogP contribution in [-0.2, 0) is 5.41 Å². The van der Waals surface area contributed by atoms with Gasteiger partial charge in [0.25, 0.3) is 0 Å². The van der Waals surface area contributed by atoms with Gasteiger partial charge in [-0.1, -0.05) is 44.2 Å². The van der Waals surface area contributed by atoms with Crippen LogP contribution in [0.5, 0.6) is 0 Å². The molecule has 0 unspecified atom stereocenters. The molecule has 0 spiro atoms. The lowest BCUT2D eigenvalue weighted by Gasteiger charge is -2.21. The van der Waals surface area contributed by atoms with E-state index in [2.05, 4.69) is 62.2 Å². The molecule has 0 saturated carbocycles. The monoisotopic (exact) mass is 245 g/mol. The molecule has 1 heterocycles. The molecule has 0 saturated heterocycles. The number of nitrogens with zero attached hydrogens (tertiary/aromatic N) is 1. The molecule has 88 valence electrons. The lowest BCUT2D eigenvalue weighted by Crippen LogP contribution is -2.22. The Bertz CT molecular complexity index is 611. The van der Waals surface area contributed by atoms with E-state index < -0.39 is 0 Å². The normalized spacial score (nSPS) is 16.3. The van der Waals surface area contributed by atoms with E-state index in [0.717, 1.165) is 5.69 Å². The molecule has 0 bridgehead atoms. The summed E-state index contributed by atoms with van der Waals surface area (Å²) in [7, 11) is 0. The maximum absolute atomic E-state index is 4.67. The van der Waals surface area contributed by atoms with Crippen molar-refractivity contribution in [1.29, 1.82) is 0 Å². The van der Waals surface area contributed by atoms with Crippen LogP contribution in [0.3, 0.4) is 0 Å². The maximum atomic E-state index is 4.67. The third-order valence-electron chi connectivity index (χ3n) is 3.72. The second-order valence-electron chi connectivity index (χ2n) is 5.00. The average Bonchev–Trinajstić information content (AvgIpc) is 2.50. The molecule has 1 aliphatic rings. The number of benzene rings is 2. The Morgan fingerprint density at radius 2 is 1.71 bits per heavy atom. The zero-order valence-corrected chi connectivity index (χ0v) is 11.1. The molecule has 0 atom stereocenters. The van der Waals surface area contributed by atoms with Crippen LogP contribution >= 0.6 is 12.4 Å². The first-order valence-corrected chi connectivity index (χ1v) is 5.69. The fourth-order valence-electron chi connectivity index (χ4n) is 2.51. The summed E-state index contributed by atoms with van der Waals surface area (Å²) in [6, 6.07) is 12.8. The van der Waals surface area contributed by atoms with Crippen LogP contribution in [0.15, 0.2) is 41.4 Å². The number of hydrogen-bond donors (Lipinski definition) is 0. The van der Waals surface area contributed by atoms with Gasteiger partial charge in [-0.2, -0.15) is 0 Å². The molecule has 1 aliphatic heterocycles. The summed E-state index contributed by atoms with van der Waals surface area (Å²) < 4.78 is 0. The summed E-state index contributed by atoms with van der Waals surface area (Å²) >= 11 is 0. The standard InChI is InChI=1S/C15H15N.ClH/c1-10-15(2,3)14-12-7-5-4-6-11(12)8-9-13(14)16-10;/h4-9H,1-3H3;1H. The van der Waals surface area contributed by atoms with E-state index in [-0.39, 0.29) is 17.8 Å². The van der Waals surface area contributed by atoms with E-state index in [1.54, 1.807) is 0 Å². The van der Waals surface area contributed by atoms with Gasteiger partial charge in [-0.15, -0.1) is 12.4 Å². The summed E-state index contributed by atoms with van der Waals surface area (Å²) in [5.74, 6) is 0. The van der Waals surface area contributed by atoms with Crippen molar-refractivity contribution in [2.45, 2.75) is 26.2 Å². The van der Waals surface area contributed by atoms with Crippen molar-refractivity contribution in [2.75, 3.05) is 0 Å². The predicted octanol–water partition coefficient (Wildman–Crippen LogP) is 4.65. The highest BCUT2D eigenvalue weighted by atomic mass is 35.5. The largest absolute Gasteiger partial charge is 0.257 e. The Morgan fingerprint density at radius 1 is 1.00 bits per heavy atom. The van der Waals surface area contributed by atoms with Crippen molar-refractivity contribution >= 4 is 34.6 Å². The molecule has 2 aromatic carbocycles. The van der Waals surface area contributed by atoms with Crippen molar-refractivity contribution in [3.05, 3.63) is 42.0 Å². The first-order chi connectivity index (χ1) is 7.60. The van der Waals surface area contributed by atoms with Gasteiger partial charge in [0, 0.05) is 11.1 Å². The molecule has 0 radical (unpaired) electrons. The minimum Gasteiger partial charge on any atom is -0.257 e. The van der Waals surface area contributed by atoms with Crippen molar-refractivity contribution < 1.29 is 0 Å². The van der Waals surface area contributed by atoms with Crippen molar-refractivity contribution in [2.24, 2.45) is 4.99 Å². The van der Waals surface area contributed by atoms with E-state index in [0.29, 0.717) is 0 Å². The molecule has 2 aromatic rings. The fraction of sp³-hybridized carbons (Fsp3) is 0.267. The molecule has 3 rings (SSSR count). The summed E-state index contributed by atoms with van der Waals surface area (Å²) in [5, 5.41) is 2.64. The van der Waals surface area contributed by atoms with Gasteiger partial charge in [-0.25, -0.2) is 0 Å². The number of fused-ring (bicyclic) bond motifs is 3. The van der Waals surface area contributed by atoms with Crippen LogP contribution in [0, 0.1) is 0 Å². The van der Waals surface area contributed by atoms with E-state index >= 15 is 0 Å². The molecular weight excluding hydrogens is 230 g/mol. The Morgan fingerprint density at radius 3 is 2.47 bits per heavy atom. The number of halogens is 1. The zero-order valence-electron chi connectivity index (χ0n) is 10.3. The molecule has 0 N–H and O–H groups in total. The SMILES string of the molecule is CC1=Nc2ccc3ccccc3c2C1(C)C.Cl. The first-order valence-electron chi connectivity index (χ1n) is 5.69. The smallest absolute Gasteiger partial charge is 0.0677 e. The second-order valence-corrected chi connectivity index (χ2v) is 5.00. The van der Waals surface area contributed by atoms with Crippen molar-refractivity contribution in [3.63, 3.8) is 0 Å². The van der Waals surface area contributed by atoms with Crippen molar-refractivity contribution in [1.82, 2.24) is 0 Å². The summed E-state index contributed by atoms with van der Waals surface area (Å²) in [6.45, 7) is 6.63. The van der Waals surface area contributed by atoms with Gasteiger partial charge in [-0.05, 0) is 29.3 Å². The third kappa shape index (κ3) is 1.57. The lowest BCUT2D eigenvalue weighted by atomic mass is 9.80. The van der Waals surface area contributed by atoms with Gasteiger partial charge in [0.2, 0.25) is 0 Å². The van der Waals surface area contributed by atoms with Gasteiger partial charge in [-0.3, -0.25) is 4.99 Å². The Labute approximate surface area is 108 Å². The molecule has 0 aromatic heterocycles. The maximum Gasteiger partial charge on any atom is 0.0677 e. The molecule has 17 heavy (non-hydrogen) atoms. The Hall–Kier alpha value is -1.34. The quantitative estimate of drug-likeness (QED) is 0.641. The zero-order chi connectivity index (χ0) is 11.3. The Kier molecular flexibility index (Phi) is 2.75. The van der Waals surface area contributed by atoms with Gasteiger partial charge < -0.3 is 0 Å². The molecule has 0 amide bonds. The first kappa shape index (κ1) is 12.1. The van der Waals surface area contributed by atoms with Crippen LogP contribution in [-0.4, -0.2) is 5.71 Å². The third-order valence-corrected chi connectivity index (χ3v) is 3.72. The highest BCUT2D eigenvalue weighted by molar-refractivity contribution is 6.06. The van der Waals surface area contributed by atoms with Crippen LogP contribution in [0.25, 0.3) is 10.8 Å². The van der Waals surface area contributed by atoms with Gasteiger partial charge in [0.1, 0.15) is 0 Å². The minimum absolute atomic E-state index is 0. The number of rotatable bonds is 0. The fourth-order valence-corrected chi connectivity index (χ4v) is 2.51. The summed E-state index contributed by atoms with van der Waals surface area (Å²) in [6.07, 6.45) is 0. The molecular formula is C15H16ClN. The van der Waals surface area contributed by atoms with E-state index in [1.807, 2.05) is 0 Å². The van der Waals surface area contributed by atoms with Crippen molar-refractivity contribution in [3.8, 4) is 0 Å². The van der Waals surface area contributed by atoms with Gasteiger partial charge in [0.05, 0.1) is 5.69 Å². The number of aliphatic imine (C=N–C) groups is 1. The van der Waals surface area contributed by atoms with Crippen LogP contribution in [0.2, 0.25) is 0 Å². The lowest BCUT2D eigenvalue weighted by molar-refractivity contribution is 0.740. The van der Waals surface area contributed by atoms with Crippen LogP contribution in [0.4, 0.5) is 5.69 Å². The van der Waals surface area contributed by atoms with Crippen LogP contribution < -0.4 is 0 Å². The number of hydrogen-bond acceptors (Lipinski definition) is 1. The minimum atomic E-state index is 0. The van der Waals surface area contributed by atoms with E-state index in [1.165, 1.54) is 22.0 Å². The molecule has 2 heteroatoms. The van der Waals surface area contributed by atoms with Crippen LogP contribution in [0.1, 0.15) is 26.3 Å². The molecule has 0 aliphatic carbocycles. The van der Waals surface area contributed by atoms with E-state index in [9.17, 15) is 0 Å². The van der Waals surface area contributed by atoms with E-state index in [4.69, 9.17) is 0 Å². The second kappa shape index (κ2) is 3.85. The highest BCUT2D eigenvalue weighted by Gasteiger charge is 2.33. The summed E-state index contributed by atoms with van der Waals surface area (Å²) in [4.78, 5) is 4.67. The average molecular weight is 246 g/mol. The highest BCUT2D eigenvalue weighted by Crippen LogP contribution is 2.43. The van der Waals surface area contributed by atoms with Gasteiger partial charge >= 0.3 is 0 Å². The molecule has 1 nitrogen and oxygen atoms in total. The molecule has 0 fully saturated rings.